The summed E-state index contributed by atoms with van der Waals surface area (Å²) < 4.78 is 0. The maximum absolute atomic E-state index is 12.4. The zero-order valence-corrected chi connectivity index (χ0v) is 11.9. The third-order valence-electron chi connectivity index (χ3n) is 4.45. The molecule has 0 radical (unpaired) electrons. The lowest BCUT2D eigenvalue weighted by atomic mass is 9.88. The molecular formula is C15H28N2O. The van der Waals surface area contributed by atoms with Crippen LogP contribution in [0.5, 0.6) is 0 Å². The number of nitrogens with two attached hydrogens (primary N) is 1. The Morgan fingerprint density at radius 1 is 1.17 bits per heavy atom. The lowest BCUT2D eigenvalue weighted by molar-refractivity contribution is -0.135. The first-order chi connectivity index (χ1) is 8.59. The summed E-state index contributed by atoms with van der Waals surface area (Å²) in [5.74, 6) is 1.16. The molecule has 0 aliphatic heterocycles. The van der Waals surface area contributed by atoms with Gasteiger partial charge in [-0.25, -0.2) is 0 Å². The molecule has 2 fully saturated rings. The average molecular weight is 252 g/mol. The van der Waals surface area contributed by atoms with Gasteiger partial charge in [0.15, 0.2) is 0 Å². The SMILES string of the molecule is CC(C)[C@@H](N)C(=O)N(CC1CCCCC1)C1CC1. The van der Waals surface area contributed by atoms with Crippen LogP contribution in [-0.4, -0.2) is 29.4 Å². The normalized spacial score (nSPS) is 23.1. The molecule has 0 saturated heterocycles. The predicted molar refractivity (Wildman–Crippen MR) is 74.1 cm³/mol. The van der Waals surface area contributed by atoms with Gasteiger partial charge in [0.25, 0.3) is 0 Å². The smallest absolute Gasteiger partial charge is 0.240 e. The molecule has 2 rings (SSSR count). The Labute approximate surface area is 111 Å². The van der Waals surface area contributed by atoms with Gasteiger partial charge in [-0.15, -0.1) is 0 Å². The van der Waals surface area contributed by atoms with E-state index < -0.39 is 0 Å². The maximum atomic E-state index is 12.4. The lowest BCUT2D eigenvalue weighted by Crippen LogP contribution is -2.49. The summed E-state index contributed by atoms with van der Waals surface area (Å²) in [6, 6.07) is 0.193. The highest BCUT2D eigenvalue weighted by molar-refractivity contribution is 5.82. The zero-order chi connectivity index (χ0) is 13.1. The fourth-order valence-electron chi connectivity index (χ4n) is 2.93. The number of nitrogens with zero attached hydrogens (tertiary/aromatic N) is 1. The van der Waals surface area contributed by atoms with Gasteiger partial charge in [0.2, 0.25) is 5.91 Å². The van der Waals surface area contributed by atoms with Gasteiger partial charge >= 0.3 is 0 Å². The fourth-order valence-corrected chi connectivity index (χ4v) is 2.93. The Morgan fingerprint density at radius 2 is 1.78 bits per heavy atom. The van der Waals surface area contributed by atoms with Crippen molar-refractivity contribution in [3.63, 3.8) is 0 Å². The molecule has 1 atom stereocenters. The van der Waals surface area contributed by atoms with Gasteiger partial charge in [0.1, 0.15) is 0 Å². The lowest BCUT2D eigenvalue weighted by Gasteiger charge is -2.32. The minimum absolute atomic E-state index is 0.193. The molecular weight excluding hydrogens is 224 g/mol. The van der Waals surface area contributed by atoms with Gasteiger partial charge in [0, 0.05) is 12.6 Å². The summed E-state index contributed by atoms with van der Waals surface area (Å²) in [7, 11) is 0. The quantitative estimate of drug-likeness (QED) is 0.817. The third-order valence-corrected chi connectivity index (χ3v) is 4.45. The molecule has 0 spiro atoms. The topological polar surface area (TPSA) is 46.3 Å². The summed E-state index contributed by atoms with van der Waals surface area (Å²) in [5.41, 5.74) is 6.04. The molecule has 2 aliphatic rings. The van der Waals surface area contributed by atoms with Crippen molar-refractivity contribution in [3.05, 3.63) is 0 Å². The second-order valence-corrected chi connectivity index (χ2v) is 6.50. The van der Waals surface area contributed by atoms with E-state index in [1.54, 1.807) is 0 Å². The molecule has 3 nitrogen and oxygen atoms in total. The van der Waals surface area contributed by atoms with Crippen molar-refractivity contribution in [2.24, 2.45) is 17.6 Å². The molecule has 0 aromatic rings. The van der Waals surface area contributed by atoms with Gasteiger partial charge in [-0.1, -0.05) is 33.1 Å². The van der Waals surface area contributed by atoms with Crippen LogP contribution in [0.1, 0.15) is 58.8 Å². The van der Waals surface area contributed by atoms with Gasteiger partial charge in [-0.3, -0.25) is 4.79 Å². The van der Waals surface area contributed by atoms with Crippen LogP contribution in [0, 0.1) is 11.8 Å². The van der Waals surface area contributed by atoms with Crippen molar-refractivity contribution in [3.8, 4) is 0 Å². The van der Waals surface area contributed by atoms with Crippen LogP contribution in [0.2, 0.25) is 0 Å². The van der Waals surface area contributed by atoms with E-state index in [0.29, 0.717) is 6.04 Å². The Bertz CT molecular complexity index is 280. The molecule has 0 bridgehead atoms. The Balaban J connectivity index is 1.92. The molecule has 0 aromatic heterocycles. The molecule has 2 N–H and O–H groups in total. The molecule has 2 saturated carbocycles. The van der Waals surface area contributed by atoms with Gasteiger partial charge < -0.3 is 10.6 Å². The zero-order valence-electron chi connectivity index (χ0n) is 11.9. The van der Waals surface area contributed by atoms with E-state index in [2.05, 4.69) is 4.90 Å². The number of amides is 1. The largest absolute Gasteiger partial charge is 0.338 e. The average Bonchev–Trinajstić information content (AvgIpc) is 3.19. The summed E-state index contributed by atoms with van der Waals surface area (Å²) >= 11 is 0. The van der Waals surface area contributed by atoms with Crippen LogP contribution >= 0.6 is 0 Å². The number of hydrogen-bond acceptors (Lipinski definition) is 2. The fraction of sp³-hybridized carbons (Fsp3) is 0.933. The number of rotatable bonds is 5. The van der Waals surface area contributed by atoms with Crippen molar-refractivity contribution in [2.75, 3.05) is 6.54 Å². The third kappa shape index (κ3) is 3.47. The molecule has 0 aromatic carbocycles. The number of carbonyl (C=O) groups is 1. The monoisotopic (exact) mass is 252 g/mol. The van der Waals surface area contributed by atoms with Crippen LogP contribution < -0.4 is 5.73 Å². The van der Waals surface area contributed by atoms with Crippen molar-refractivity contribution in [1.29, 1.82) is 0 Å². The highest BCUT2D eigenvalue weighted by atomic mass is 16.2. The summed E-state index contributed by atoms with van der Waals surface area (Å²) in [4.78, 5) is 14.6. The number of hydrogen-bond donors (Lipinski definition) is 1. The Hall–Kier alpha value is -0.570. The van der Waals surface area contributed by atoms with Crippen molar-refractivity contribution in [2.45, 2.75) is 70.9 Å². The van der Waals surface area contributed by atoms with Gasteiger partial charge in [-0.05, 0) is 37.5 Å². The number of carbonyl (C=O) groups excluding carboxylic acids is 1. The minimum Gasteiger partial charge on any atom is -0.338 e. The summed E-state index contributed by atoms with van der Waals surface area (Å²) in [6.45, 7) is 5.03. The highest BCUT2D eigenvalue weighted by Gasteiger charge is 2.36. The van der Waals surface area contributed by atoms with Crippen molar-refractivity contribution < 1.29 is 4.79 Å². The molecule has 18 heavy (non-hydrogen) atoms. The second kappa shape index (κ2) is 6.05. The van der Waals surface area contributed by atoms with Crippen molar-refractivity contribution in [1.82, 2.24) is 4.90 Å². The highest BCUT2D eigenvalue weighted by Crippen LogP contribution is 2.32. The van der Waals surface area contributed by atoms with Gasteiger partial charge in [0.05, 0.1) is 6.04 Å². The standard InChI is InChI=1S/C15H28N2O/c1-11(2)14(16)15(18)17(13-8-9-13)10-12-6-4-3-5-7-12/h11-14H,3-10,16H2,1-2H3/t14-/m1/s1. The Kier molecular flexibility index (Phi) is 4.66. The first kappa shape index (κ1) is 13.9. The predicted octanol–water partition coefficient (Wildman–Crippen LogP) is 2.54. The molecule has 2 aliphatic carbocycles. The molecule has 0 heterocycles. The van der Waals surface area contributed by atoms with Crippen molar-refractivity contribution >= 4 is 5.91 Å². The minimum atomic E-state index is -0.311. The van der Waals surface area contributed by atoms with Crippen LogP contribution in [-0.2, 0) is 4.79 Å². The summed E-state index contributed by atoms with van der Waals surface area (Å²) in [6.07, 6.45) is 9.02. The van der Waals surface area contributed by atoms with Crippen LogP contribution in [0.25, 0.3) is 0 Å². The van der Waals surface area contributed by atoms with E-state index in [-0.39, 0.29) is 17.9 Å². The molecule has 3 heteroatoms. The van der Waals surface area contributed by atoms with Gasteiger partial charge in [-0.2, -0.15) is 0 Å². The molecule has 0 unspecified atom stereocenters. The van der Waals surface area contributed by atoms with E-state index in [9.17, 15) is 4.79 Å². The van der Waals surface area contributed by atoms with Crippen LogP contribution in [0.15, 0.2) is 0 Å². The van der Waals surface area contributed by atoms with Crippen LogP contribution in [0.4, 0.5) is 0 Å². The first-order valence-electron chi connectivity index (χ1n) is 7.65. The Morgan fingerprint density at radius 3 is 2.28 bits per heavy atom. The molecule has 104 valence electrons. The first-order valence-corrected chi connectivity index (χ1v) is 7.65. The summed E-state index contributed by atoms with van der Waals surface area (Å²) in [5, 5.41) is 0. The van der Waals surface area contributed by atoms with E-state index in [1.165, 1.54) is 44.9 Å². The second-order valence-electron chi connectivity index (χ2n) is 6.50. The van der Waals surface area contributed by atoms with E-state index >= 15 is 0 Å². The van der Waals surface area contributed by atoms with E-state index in [0.717, 1.165) is 12.5 Å². The van der Waals surface area contributed by atoms with E-state index in [1.807, 2.05) is 13.8 Å². The van der Waals surface area contributed by atoms with Crippen LogP contribution in [0.3, 0.4) is 0 Å². The van der Waals surface area contributed by atoms with E-state index in [4.69, 9.17) is 5.73 Å². The maximum Gasteiger partial charge on any atom is 0.240 e. The molecule has 1 amide bonds.